The van der Waals surface area contributed by atoms with Crippen molar-refractivity contribution < 1.29 is 5.11 Å². The van der Waals surface area contributed by atoms with Gasteiger partial charge in [0.2, 0.25) is 0 Å². The van der Waals surface area contributed by atoms with E-state index in [0.717, 1.165) is 19.5 Å². The molecule has 0 aliphatic rings. The molecular weight excluding hydrogens is 178 g/mol. The highest BCUT2D eigenvalue weighted by Gasteiger charge is 2.21. The fraction of sp³-hybridized carbons (Fsp3) is 0.900. The lowest BCUT2D eigenvalue weighted by Crippen LogP contribution is -2.36. The lowest BCUT2D eigenvalue weighted by molar-refractivity contribution is 0.190. The van der Waals surface area contributed by atoms with E-state index in [2.05, 4.69) is 11.8 Å². The first-order chi connectivity index (χ1) is 6.44. The highest BCUT2D eigenvalue weighted by molar-refractivity contribution is 5.82. The van der Waals surface area contributed by atoms with Gasteiger partial charge in [0, 0.05) is 12.0 Å². The van der Waals surface area contributed by atoms with Crippen molar-refractivity contribution in [2.45, 2.75) is 27.2 Å². The van der Waals surface area contributed by atoms with Crippen LogP contribution < -0.4 is 5.73 Å². The summed E-state index contributed by atoms with van der Waals surface area (Å²) in [5, 5.41) is 16.2. The van der Waals surface area contributed by atoms with Crippen LogP contribution in [0.3, 0.4) is 0 Å². The van der Waals surface area contributed by atoms with Crippen LogP contribution in [0.15, 0.2) is 0 Å². The summed E-state index contributed by atoms with van der Waals surface area (Å²) in [5.41, 5.74) is 5.25. The monoisotopic (exact) mass is 201 g/mol. The van der Waals surface area contributed by atoms with E-state index in [1.165, 1.54) is 0 Å². The van der Waals surface area contributed by atoms with E-state index in [-0.39, 0.29) is 17.9 Å². The first kappa shape index (κ1) is 13.4. The molecule has 14 heavy (non-hydrogen) atoms. The Hall–Kier alpha value is -0.610. The second-order valence-corrected chi connectivity index (χ2v) is 4.21. The molecule has 0 heterocycles. The standard InChI is InChI=1S/C10H23N3O/c1-4-13(7-8-14)6-5-10(2,3)9(11)12/h14H,4-8H2,1-3H3,(H3,11,12). The van der Waals surface area contributed by atoms with Crippen molar-refractivity contribution in [3.63, 3.8) is 0 Å². The van der Waals surface area contributed by atoms with E-state index in [9.17, 15) is 0 Å². The molecule has 0 radical (unpaired) electrons. The van der Waals surface area contributed by atoms with Crippen LogP contribution in [0.4, 0.5) is 0 Å². The molecule has 0 aliphatic heterocycles. The van der Waals surface area contributed by atoms with Gasteiger partial charge in [0.25, 0.3) is 0 Å². The van der Waals surface area contributed by atoms with Gasteiger partial charge in [-0.3, -0.25) is 5.41 Å². The van der Waals surface area contributed by atoms with Gasteiger partial charge in [-0.05, 0) is 19.5 Å². The zero-order chi connectivity index (χ0) is 11.2. The molecule has 0 bridgehead atoms. The van der Waals surface area contributed by atoms with Gasteiger partial charge in [-0.25, -0.2) is 0 Å². The summed E-state index contributed by atoms with van der Waals surface area (Å²) < 4.78 is 0. The maximum absolute atomic E-state index is 8.80. The highest BCUT2D eigenvalue weighted by atomic mass is 16.3. The molecule has 84 valence electrons. The minimum Gasteiger partial charge on any atom is -0.395 e. The second-order valence-electron chi connectivity index (χ2n) is 4.21. The normalized spacial score (nSPS) is 12.1. The van der Waals surface area contributed by atoms with E-state index in [0.29, 0.717) is 6.54 Å². The van der Waals surface area contributed by atoms with Crippen molar-refractivity contribution in [2.75, 3.05) is 26.2 Å². The Morgan fingerprint density at radius 2 is 2.00 bits per heavy atom. The third-order valence-corrected chi connectivity index (χ3v) is 2.65. The summed E-state index contributed by atoms with van der Waals surface area (Å²) in [6, 6.07) is 0. The van der Waals surface area contributed by atoms with Gasteiger partial charge >= 0.3 is 0 Å². The van der Waals surface area contributed by atoms with Gasteiger partial charge in [0.1, 0.15) is 0 Å². The Morgan fingerprint density at radius 3 is 2.36 bits per heavy atom. The number of rotatable bonds is 7. The molecule has 0 aromatic heterocycles. The van der Waals surface area contributed by atoms with Gasteiger partial charge < -0.3 is 15.7 Å². The fourth-order valence-corrected chi connectivity index (χ4v) is 1.14. The van der Waals surface area contributed by atoms with Gasteiger partial charge in [-0.15, -0.1) is 0 Å². The van der Waals surface area contributed by atoms with Crippen LogP contribution in [-0.2, 0) is 0 Å². The third-order valence-electron chi connectivity index (χ3n) is 2.65. The maximum Gasteiger partial charge on any atom is 0.0963 e. The molecule has 4 N–H and O–H groups in total. The molecule has 0 rings (SSSR count). The minimum absolute atomic E-state index is 0.189. The molecule has 0 aromatic carbocycles. The van der Waals surface area contributed by atoms with Gasteiger partial charge in [-0.2, -0.15) is 0 Å². The number of nitrogens with one attached hydrogen (secondary N) is 1. The van der Waals surface area contributed by atoms with E-state index < -0.39 is 0 Å². The van der Waals surface area contributed by atoms with Crippen molar-refractivity contribution in [3.8, 4) is 0 Å². The molecule has 4 nitrogen and oxygen atoms in total. The van der Waals surface area contributed by atoms with Gasteiger partial charge in [0.05, 0.1) is 12.4 Å². The number of amidine groups is 1. The van der Waals surface area contributed by atoms with Crippen LogP contribution in [0, 0.1) is 10.8 Å². The topological polar surface area (TPSA) is 73.3 Å². The van der Waals surface area contributed by atoms with Crippen LogP contribution in [0.25, 0.3) is 0 Å². The Morgan fingerprint density at radius 1 is 1.43 bits per heavy atom. The number of likely N-dealkylation sites (N-methyl/N-ethyl adjacent to an activating group) is 1. The number of nitrogens with two attached hydrogens (primary N) is 1. The van der Waals surface area contributed by atoms with E-state index in [4.69, 9.17) is 16.2 Å². The number of aliphatic hydroxyl groups is 1. The summed E-state index contributed by atoms with van der Waals surface area (Å²) in [6.45, 7) is 8.71. The number of aliphatic hydroxyl groups excluding tert-OH is 1. The van der Waals surface area contributed by atoms with Crippen LogP contribution >= 0.6 is 0 Å². The SMILES string of the molecule is CCN(CCO)CCC(C)(C)C(=N)N. The lowest BCUT2D eigenvalue weighted by Gasteiger charge is -2.27. The van der Waals surface area contributed by atoms with Crippen LogP contribution in [0.5, 0.6) is 0 Å². The molecule has 0 amide bonds. The average Bonchev–Trinajstić information content (AvgIpc) is 2.12. The number of hydrogen-bond acceptors (Lipinski definition) is 3. The summed E-state index contributed by atoms with van der Waals surface area (Å²) in [7, 11) is 0. The molecule has 0 unspecified atom stereocenters. The van der Waals surface area contributed by atoms with Gasteiger partial charge in [0.15, 0.2) is 0 Å². The summed E-state index contributed by atoms with van der Waals surface area (Å²) in [4.78, 5) is 2.16. The summed E-state index contributed by atoms with van der Waals surface area (Å²) in [6.07, 6.45) is 0.857. The van der Waals surface area contributed by atoms with Crippen LogP contribution in [-0.4, -0.2) is 42.1 Å². The van der Waals surface area contributed by atoms with Gasteiger partial charge in [-0.1, -0.05) is 20.8 Å². The molecule has 0 spiro atoms. The Kier molecular flexibility index (Phi) is 5.72. The third kappa shape index (κ3) is 4.58. The Balaban J connectivity index is 3.95. The molecule has 0 aromatic rings. The van der Waals surface area contributed by atoms with Crippen molar-refractivity contribution in [2.24, 2.45) is 11.1 Å². The quantitative estimate of drug-likeness (QED) is 0.418. The maximum atomic E-state index is 8.80. The summed E-state index contributed by atoms with van der Waals surface area (Å²) in [5.74, 6) is 0.234. The molecular formula is C10H23N3O. The second kappa shape index (κ2) is 5.98. The fourth-order valence-electron chi connectivity index (χ4n) is 1.14. The molecule has 0 saturated carbocycles. The van der Waals surface area contributed by atoms with Crippen molar-refractivity contribution in [1.29, 1.82) is 5.41 Å². The first-order valence-electron chi connectivity index (χ1n) is 5.11. The molecule has 0 saturated heterocycles. The molecule has 4 heteroatoms. The summed E-state index contributed by atoms with van der Waals surface area (Å²) >= 11 is 0. The van der Waals surface area contributed by atoms with Crippen molar-refractivity contribution in [1.82, 2.24) is 4.90 Å². The van der Waals surface area contributed by atoms with Crippen molar-refractivity contribution in [3.05, 3.63) is 0 Å². The van der Waals surface area contributed by atoms with E-state index >= 15 is 0 Å². The lowest BCUT2D eigenvalue weighted by atomic mass is 9.88. The van der Waals surface area contributed by atoms with E-state index in [1.807, 2.05) is 13.8 Å². The van der Waals surface area contributed by atoms with Crippen LogP contribution in [0.1, 0.15) is 27.2 Å². The zero-order valence-corrected chi connectivity index (χ0v) is 9.51. The Bertz CT molecular complexity index is 180. The smallest absolute Gasteiger partial charge is 0.0963 e. The highest BCUT2D eigenvalue weighted by Crippen LogP contribution is 2.19. The largest absolute Gasteiger partial charge is 0.395 e. The van der Waals surface area contributed by atoms with Crippen LogP contribution in [0.2, 0.25) is 0 Å². The Labute approximate surface area is 86.6 Å². The minimum atomic E-state index is -0.233. The average molecular weight is 201 g/mol. The van der Waals surface area contributed by atoms with E-state index in [1.54, 1.807) is 0 Å². The predicted molar refractivity (Wildman–Crippen MR) is 59.5 cm³/mol. The molecule has 0 atom stereocenters. The zero-order valence-electron chi connectivity index (χ0n) is 9.51. The number of hydrogen-bond donors (Lipinski definition) is 3. The molecule has 0 fully saturated rings. The molecule has 0 aliphatic carbocycles. The predicted octanol–water partition coefficient (Wildman–Crippen LogP) is 0.653. The van der Waals surface area contributed by atoms with Crippen molar-refractivity contribution >= 4 is 5.84 Å². The first-order valence-corrected chi connectivity index (χ1v) is 5.11. The number of nitrogens with zero attached hydrogens (tertiary/aromatic N) is 1.